The highest BCUT2D eigenvalue weighted by atomic mass is 16.5. The summed E-state index contributed by atoms with van der Waals surface area (Å²) in [5, 5.41) is 21.1. The largest absolute Gasteiger partial charge is 0.496 e. The molecule has 0 saturated heterocycles. The molecule has 1 fully saturated rings. The number of hydrogen-bond donors (Lipinski definition) is 3. The van der Waals surface area contributed by atoms with E-state index in [9.17, 15) is 5.11 Å². The van der Waals surface area contributed by atoms with Crippen molar-refractivity contribution in [2.24, 2.45) is 16.8 Å². The number of methoxy groups -OCH3 is 1. The van der Waals surface area contributed by atoms with Gasteiger partial charge in [-0.2, -0.15) is 0 Å². The molecular formula is C15H23N3O3. The van der Waals surface area contributed by atoms with E-state index in [0.29, 0.717) is 18.0 Å². The van der Waals surface area contributed by atoms with Gasteiger partial charge in [-0.1, -0.05) is 5.16 Å². The summed E-state index contributed by atoms with van der Waals surface area (Å²) in [5.74, 6) is 1.43. The van der Waals surface area contributed by atoms with E-state index in [1.54, 1.807) is 13.2 Å². The Labute approximate surface area is 124 Å². The fourth-order valence-corrected chi connectivity index (χ4v) is 2.76. The van der Waals surface area contributed by atoms with E-state index in [1.165, 1.54) is 0 Å². The van der Waals surface area contributed by atoms with Crippen molar-refractivity contribution in [2.45, 2.75) is 25.5 Å². The first-order valence-electron chi connectivity index (χ1n) is 7.05. The first kappa shape index (κ1) is 15.6. The van der Waals surface area contributed by atoms with Crippen LogP contribution in [0.5, 0.6) is 5.75 Å². The molecule has 0 bridgehead atoms. The van der Waals surface area contributed by atoms with Crippen LogP contribution >= 0.6 is 0 Å². The molecule has 0 radical (unpaired) electrons. The molecule has 116 valence electrons. The van der Waals surface area contributed by atoms with Gasteiger partial charge in [-0.05, 0) is 44.0 Å². The van der Waals surface area contributed by atoms with E-state index in [0.717, 1.165) is 30.7 Å². The Morgan fingerprint density at radius 1 is 1.48 bits per heavy atom. The van der Waals surface area contributed by atoms with E-state index in [1.807, 2.05) is 19.2 Å². The minimum atomic E-state index is -0.123. The smallest absolute Gasteiger partial charge is 0.170 e. The zero-order valence-electron chi connectivity index (χ0n) is 12.5. The summed E-state index contributed by atoms with van der Waals surface area (Å²) in [6.07, 6.45) is 1.64. The van der Waals surface area contributed by atoms with Crippen molar-refractivity contribution in [3.05, 3.63) is 29.3 Å². The fourth-order valence-electron chi connectivity index (χ4n) is 2.76. The maximum absolute atomic E-state index is 9.34. The van der Waals surface area contributed by atoms with Crippen LogP contribution in [0.1, 0.15) is 24.0 Å². The molecular weight excluding hydrogens is 270 g/mol. The first-order valence-corrected chi connectivity index (χ1v) is 7.05. The van der Waals surface area contributed by atoms with Gasteiger partial charge in [-0.25, -0.2) is 0 Å². The van der Waals surface area contributed by atoms with Gasteiger partial charge in [0.2, 0.25) is 0 Å². The van der Waals surface area contributed by atoms with Crippen LogP contribution in [0, 0.1) is 5.92 Å². The second kappa shape index (κ2) is 6.78. The second-order valence-corrected chi connectivity index (χ2v) is 5.70. The van der Waals surface area contributed by atoms with Crippen molar-refractivity contribution in [2.75, 3.05) is 20.7 Å². The summed E-state index contributed by atoms with van der Waals surface area (Å²) in [4.78, 5) is 2.20. The molecule has 1 saturated carbocycles. The summed E-state index contributed by atoms with van der Waals surface area (Å²) in [7, 11) is 3.67. The number of benzene rings is 1. The first-order chi connectivity index (χ1) is 10.0. The average molecular weight is 293 g/mol. The molecule has 2 rings (SSSR count). The van der Waals surface area contributed by atoms with Crippen LogP contribution in [-0.2, 0) is 6.54 Å². The average Bonchev–Trinajstić information content (AvgIpc) is 2.44. The number of amidine groups is 1. The third-order valence-electron chi connectivity index (χ3n) is 3.90. The molecule has 1 aliphatic carbocycles. The van der Waals surface area contributed by atoms with Gasteiger partial charge in [0.15, 0.2) is 5.84 Å². The zero-order chi connectivity index (χ0) is 15.4. The van der Waals surface area contributed by atoms with Gasteiger partial charge in [0.05, 0.1) is 13.2 Å². The molecule has 4 N–H and O–H groups in total. The van der Waals surface area contributed by atoms with Gasteiger partial charge in [-0.3, -0.25) is 0 Å². The lowest BCUT2D eigenvalue weighted by molar-refractivity contribution is 0.0273. The minimum Gasteiger partial charge on any atom is -0.496 e. The monoisotopic (exact) mass is 293 g/mol. The molecule has 0 unspecified atom stereocenters. The quantitative estimate of drug-likeness (QED) is 0.315. The predicted molar refractivity (Wildman–Crippen MR) is 80.6 cm³/mol. The molecule has 1 aromatic rings. The minimum absolute atomic E-state index is 0.0867. The number of nitrogens with two attached hydrogens (primary N) is 1. The second-order valence-electron chi connectivity index (χ2n) is 5.70. The molecule has 0 aliphatic heterocycles. The predicted octanol–water partition coefficient (Wildman–Crippen LogP) is 0.992. The molecule has 0 spiro atoms. The number of rotatable bonds is 6. The molecule has 21 heavy (non-hydrogen) atoms. The van der Waals surface area contributed by atoms with E-state index in [2.05, 4.69) is 10.1 Å². The molecule has 1 aliphatic rings. The zero-order valence-corrected chi connectivity index (χ0v) is 12.5. The van der Waals surface area contributed by atoms with Gasteiger partial charge < -0.3 is 25.7 Å². The topological polar surface area (TPSA) is 91.3 Å². The molecule has 6 nitrogen and oxygen atoms in total. The molecule has 0 aromatic heterocycles. The summed E-state index contributed by atoms with van der Waals surface area (Å²) in [6, 6.07) is 5.46. The Hall–Kier alpha value is -1.79. The number of hydrogen-bond acceptors (Lipinski definition) is 5. The van der Waals surface area contributed by atoms with Gasteiger partial charge >= 0.3 is 0 Å². The highest BCUT2D eigenvalue weighted by molar-refractivity contribution is 5.97. The highest BCUT2D eigenvalue weighted by Crippen LogP contribution is 2.28. The van der Waals surface area contributed by atoms with Crippen molar-refractivity contribution in [3.63, 3.8) is 0 Å². The summed E-state index contributed by atoms with van der Waals surface area (Å²) in [5.41, 5.74) is 7.29. The maximum Gasteiger partial charge on any atom is 0.170 e. The number of nitrogens with zero attached hydrogens (tertiary/aromatic N) is 2. The van der Waals surface area contributed by atoms with Crippen LogP contribution in [0.3, 0.4) is 0 Å². The molecule has 0 heterocycles. The molecule has 0 atom stereocenters. The molecule has 0 amide bonds. The third kappa shape index (κ3) is 3.86. The lowest BCUT2D eigenvalue weighted by atomic mass is 9.82. The number of aliphatic hydroxyl groups excluding tert-OH is 1. The van der Waals surface area contributed by atoms with Crippen molar-refractivity contribution in [3.8, 4) is 5.75 Å². The summed E-state index contributed by atoms with van der Waals surface area (Å²) >= 11 is 0. The Morgan fingerprint density at radius 3 is 2.76 bits per heavy atom. The van der Waals surface area contributed by atoms with Crippen molar-refractivity contribution in [1.82, 2.24) is 4.90 Å². The lowest BCUT2D eigenvalue weighted by Crippen LogP contribution is -2.36. The van der Waals surface area contributed by atoms with Crippen molar-refractivity contribution in [1.29, 1.82) is 0 Å². The van der Waals surface area contributed by atoms with Gasteiger partial charge in [0.25, 0.3) is 0 Å². The highest BCUT2D eigenvalue weighted by Gasteiger charge is 2.28. The van der Waals surface area contributed by atoms with Crippen LogP contribution in [0.15, 0.2) is 23.4 Å². The molecule has 6 heteroatoms. The van der Waals surface area contributed by atoms with Crippen LogP contribution in [0.4, 0.5) is 0 Å². The number of ether oxygens (including phenoxy) is 1. The van der Waals surface area contributed by atoms with E-state index in [-0.39, 0.29) is 11.9 Å². The van der Waals surface area contributed by atoms with Crippen molar-refractivity contribution >= 4 is 5.84 Å². The van der Waals surface area contributed by atoms with Crippen LogP contribution in [0.25, 0.3) is 0 Å². The Kier molecular flexibility index (Phi) is 5.03. The maximum atomic E-state index is 9.34. The van der Waals surface area contributed by atoms with Gasteiger partial charge in [-0.15, -0.1) is 0 Å². The fraction of sp³-hybridized carbons (Fsp3) is 0.533. The Bertz CT molecular complexity index is 513. The Morgan fingerprint density at radius 2 is 2.19 bits per heavy atom. The van der Waals surface area contributed by atoms with E-state index < -0.39 is 0 Å². The van der Waals surface area contributed by atoms with Crippen molar-refractivity contribution < 1.29 is 15.1 Å². The van der Waals surface area contributed by atoms with Crippen LogP contribution in [0.2, 0.25) is 0 Å². The van der Waals surface area contributed by atoms with Gasteiger partial charge in [0.1, 0.15) is 5.75 Å². The van der Waals surface area contributed by atoms with Gasteiger partial charge in [0, 0.05) is 24.2 Å². The number of aliphatic hydroxyl groups is 1. The lowest BCUT2D eigenvalue weighted by Gasteiger charge is -2.34. The van der Waals surface area contributed by atoms with E-state index >= 15 is 0 Å². The normalized spacial score (nSPS) is 22.2. The standard InChI is InChI=1S/C15H23N3O3/c1-18(8-10-5-13(19)6-10)9-12-7-11(15(16)17-20)3-4-14(12)21-2/h3-4,7,10,13,19-20H,5-6,8-9H2,1-2H3,(H2,16,17). The summed E-state index contributed by atoms with van der Waals surface area (Å²) in [6.45, 7) is 1.65. The van der Waals surface area contributed by atoms with Crippen LogP contribution < -0.4 is 10.5 Å². The third-order valence-corrected chi connectivity index (χ3v) is 3.90. The Balaban J connectivity index is 2.06. The number of oxime groups is 1. The molecule has 1 aromatic carbocycles. The summed E-state index contributed by atoms with van der Waals surface area (Å²) < 4.78 is 5.37. The van der Waals surface area contributed by atoms with E-state index in [4.69, 9.17) is 15.7 Å². The van der Waals surface area contributed by atoms with Crippen LogP contribution in [-0.4, -0.2) is 47.9 Å². The SMILES string of the molecule is COc1ccc(/C(N)=N/O)cc1CN(C)CC1CC(O)C1.